The van der Waals surface area contributed by atoms with Gasteiger partial charge in [0.15, 0.2) is 0 Å². The molecule has 0 spiro atoms. The number of amides is 2. The van der Waals surface area contributed by atoms with Crippen LogP contribution in [-0.4, -0.2) is 45.8 Å². The zero-order chi connectivity index (χ0) is 24.1. The first-order valence-electron chi connectivity index (χ1n) is 13.5. The van der Waals surface area contributed by atoms with Gasteiger partial charge in [0.25, 0.3) is 5.91 Å². The van der Waals surface area contributed by atoms with Crippen molar-refractivity contribution in [3.63, 3.8) is 0 Å². The van der Waals surface area contributed by atoms with E-state index in [0.29, 0.717) is 11.7 Å². The van der Waals surface area contributed by atoms with Gasteiger partial charge in [-0.25, -0.2) is 0 Å². The van der Waals surface area contributed by atoms with E-state index in [0.717, 1.165) is 43.4 Å². The van der Waals surface area contributed by atoms with Crippen molar-refractivity contribution in [2.24, 2.45) is 24.8 Å². The molecule has 0 atom stereocenters. The number of rotatable bonds is 6. The van der Waals surface area contributed by atoms with Gasteiger partial charge < -0.3 is 16.0 Å². The lowest BCUT2D eigenvalue weighted by atomic mass is 9.49. The highest BCUT2D eigenvalue weighted by Crippen LogP contribution is 2.60. The fraction of sp³-hybridized carbons (Fsp3) is 0.815. The molecule has 3 N–H and O–H groups in total. The quantitative estimate of drug-likeness (QED) is 0.596. The number of carbonyl (C=O) groups is 2. The van der Waals surface area contributed by atoms with E-state index in [1.165, 1.54) is 44.2 Å². The molecule has 0 saturated heterocycles. The van der Waals surface area contributed by atoms with Gasteiger partial charge in [-0.05, 0) is 109 Å². The lowest BCUT2D eigenvalue weighted by Gasteiger charge is -2.56. The summed E-state index contributed by atoms with van der Waals surface area (Å²) in [5.41, 5.74) is 1.98. The summed E-state index contributed by atoms with van der Waals surface area (Å²) in [6.45, 7) is 6.58. The maximum Gasteiger partial charge on any atom is 0.272 e. The molecule has 0 aliphatic heterocycles. The van der Waals surface area contributed by atoms with Crippen LogP contribution in [0.25, 0.3) is 0 Å². The molecule has 6 rings (SSSR count). The topological polar surface area (TPSA) is 88.0 Å². The smallest absolute Gasteiger partial charge is 0.272 e. The molecular formula is C27H43N5O2. The van der Waals surface area contributed by atoms with E-state index in [-0.39, 0.29) is 35.4 Å². The molecule has 1 heterocycles. The predicted molar refractivity (Wildman–Crippen MR) is 132 cm³/mol. The van der Waals surface area contributed by atoms with E-state index in [1.54, 1.807) is 0 Å². The van der Waals surface area contributed by atoms with Gasteiger partial charge in [-0.3, -0.25) is 14.3 Å². The molecule has 1 aromatic rings. The van der Waals surface area contributed by atoms with Crippen LogP contribution in [0.4, 0.5) is 0 Å². The summed E-state index contributed by atoms with van der Waals surface area (Å²) in [4.78, 5) is 25.3. The Bertz CT molecular complexity index is 887. The molecule has 34 heavy (non-hydrogen) atoms. The Labute approximate surface area is 204 Å². The fourth-order valence-electron chi connectivity index (χ4n) is 8.02. The van der Waals surface area contributed by atoms with Crippen LogP contribution in [0.1, 0.15) is 101 Å². The van der Waals surface area contributed by atoms with Gasteiger partial charge in [0, 0.05) is 35.8 Å². The van der Waals surface area contributed by atoms with Crippen LogP contribution in [0.5, 0.6) is 0 Å². The van der Waals surface area contributed by atoms with Crippen LogP contribution in [0.2, 0.25) is 0 Å². The van der Waals surface area contributed by atoms with Crippen LogP contribution in [0.15, 0.2) is 6.07 Å². The zero-order valence-electron chi connectivity index (χ0n) is 21.5. The lowest BCUT2D eigenvalue weighted by Crippen LogP contribution is -2.49. The minimum Gasteiger partial charge on any atom is -0.352 e. The molecule has 2 amide bonds. The number of carbonyl (C=O) groups excluding carboxylic acids is 2. The van der Waals surface area contributed by atoms with Crippen molar-refractivity contribution >= 4 is 11.8 Å². The standard InChI is InChI=1S/C27H43N5O2/c1-26(2,3)30-21-7-5-20(6-8-21)29-24(33)16-28-25(34)22-12-23(32(4)31-22)27-13-17-9-18(14-27)11-19(10-17)15-27/h12,17-21,30H,5-11,13-16H2,1-4H3,(H,28,34)(H,29,33). The first-order valence-corrected chi connectivity index (χ1v) is 13.5. The average molecular weight is 470 g/mol. The van der Waals surface area contributed by atoms with Crippen LogP contribution in [0.3, 0.4) is 0 Å². The van der Waals surface area contributed by atoms with Gasteiger partial charge in [-0.1, -0.05) is 0 Å². The molecule has 5 fully saturated rings. The summed E-state index contributed by atoms with van der Waals surface area (Å²) in [5, 5.41) is 14.1. The third-order valence-electron chi connectivity index (χ3n) is 8.83. The van der Waals surface area contributed by atoms with E-state index in [2.05, 4.69) is 41.8 Å². The first kappa shape index (κ1) is 23.8. The second-order valence-electron chi connectivity index (χ2n) is 12.9. The lowest BCUT2D eigenvalue weighted by molar-refractivity contribution is -0.121. The highest BCUT2D eigenvalue weighted by molar-refractivity contribution is 5.95. The van der Waals surface area contributed by atoms with Gasteiger partial charge in [0.2, 0.25) is 5.91 Å². The van der Waals surface area contributed by atoms with Crippen molar-refractivity contribution in [2.75, 3.05) is 6.54 Å². The van der Waals surface area contributed by atoms with Gasteiger partial charge >= 0.3 is 0 Å². The van der Waals surface area contributed by atoms with Gasteiger partial charge in [-0.2, -0.15) is 5.10 Å². The van der Waals surface area contributed by atoms with E-state index in [9.17, 15) is 9.59 Å². The summed E-state index contributed by atoms with van der Waals surface area (Å²) in [6.07, 6.45) is 12.0. The summed E-state index contributed by atoms with van der Waals surface area (Å²) in [7, 11) is 1.97. The van der Waals surface area contributed by atoms with E-state index in [1.807, 2.05) is 17.8 Å². The Morgan fingerprint density at radius 1 is 1.00 bits per heavy atom. The van der Waals surface area contributed by atoms with Crippen molar-refractivity contribution in [3.8, 4) is 0 Å². The van der Waals surface area contributed by atoms with E-state index >= 15 is 0 Å². The van der Waals surface area contributed by atoms with Crippen molar-refractivity contribution in [3.05, 3.63) is 17.5 Å². The number of nitrogens with zero attached hydrogens (tertiary/aromatic N) is 2. The summed E-state index contributed by atoms with van der Waals surface area (Å²) < 4.78 is 1.94. The maximum atomic E-state index is 12.8. The molecular weight excluding hydrogens is 426 g/mol. The van der Waals surface area contributed by atoms with Crippen LogP contribution in [0, 0.1) is 17.8 Å². The summed E-state index contributed by atoms with van der Waals surface area (Å²) in [6, 6.07) is 2.71. The molecule has 7 heteroatoms. The Morgan fingerprint density at radius 3 is 2.12 bits per heavy atom. The van der Waals surface area contributed by atoms with Gasteiger partial charge in [-0.15, -0.1) is 0 Å². The Kier molecular flexibility index (Phi) is 6.28. The second-order valence-corrected chi connectivity index (χ2v) is 12.9. The highest BCUT2D eigenvalue weighted by atomic mass is 16.2. The SMILES string of the molecule is Cn1nc(C(=O)NCC(=O)NC2CCC(NC(C)(C)C)CC2)cc1C12CC3CC(CC(C3)C1)C2. The maximum absolute atomic E-state index is 12.8. The molecule has 5 aliphatic rings. The van der Waals surface area contributed by atoms with Gasteiger partial charge in [0.05, 0.1) is 6.54 Å². The Morgan fingerprint density at radius 2 is 1.56 bits per heavy atom. The highest BCUT2D eigenvalue weighted by Gasteiger charge is 2.52. The van der Waals surface area contributed by atoms with E-state index in [4.69, 9.17) is 0 Å². The third-order valence-corrected chi connectivity index (χ3v) is 8.83. The number of aromatic nitrogens is 2. The van der Waals surface area contributed by atoms with Crippen molar-refractivity contribution in [1.29, 1.82) is 0 Å². The minimum absolute atomic E-state index is 0.00226. The Balaban J connectivity index is 1.12. The minimum atomic E-state index is -0.250. The zero-order valence-corrected chi connectivity index (χ0v) is 21.5. The molecule has 7 nitrogen and oxygen atoms in total. The van der Waals surface area contributed by atoms with E-state index < -0.39 is 0 Å². The Hall–Kier alpha value is -1.89. The molecule has 0 radical (unpaired) electrons. The van der Waals surface area contributed by atoms with Crippen LogP contribution < -0.4 is 16.0 Å². The van der Waals surface area contributed by atoms with Crippen molar-refractivity contribution in [2.45, 2.75) is 108 Å². The molecule has 5 saturated carbocycles. The molecule has 0 aromatic carbocycles. The number of hydrogen-bond acceptors (Lipinski definition) is 4. The molecule has 188 valence electrons. The fourth-order valence-corrected chi connectivity index (χ4v) is 8.02. The summed E-state index contributed by atoms with van der Waals surface area (Å²) >= 11 is 0. The monoisotopic (exact) mass is 469 g/mol. The molecule has 4 bridgehead atoms. The third kappa shape index (κ3) is 5.05. The van der Waals surface area contributed by atoms with Crippen molar-refractivity contribution < 1.29 is 9.59 Å². The predicted octanol–water partition coefficient (Wildman–Crippen LogP) is 3.43. The number of hydrogen-bond donors (Lipinski definition) is 3. The second kappa shape index (κ2) is 8.96. The number of aryl methyl sites for hydroxylation is 1. The number of nitrogens with one attached hydrogen (secondary N) is 3. The van der Waals surface area contributed by atoms with Crippen LogP contribution >= 0.6 is 0 Å². The molecule has 0 unspecified atom stereocenters. The average Bonchev–Trinajstić information content (AvgIpc) is 3.14. The largest absolute Gasteiger partial charge is 0.352 e. The van der Waals surface area contributed by atoms with Crippen molar-refractivity contribution in [1.82, 2.24) is 25.7 Å². The molecule has 5 aliphatic carbocycles. The van der Waals surface area contributed by atoms with Crippen LogP contribution in [-0.2, 0) is 17.3 Å². The first-order chi connectivity index (χ1) is 16.1. The molecule has 1 aromatic heterocycles. The normalized spacial score (nSPS) is 34.8. The summed E-state index contributed by atoms with van der Waals surface area (Å²) in [5.74, 6) is 2.18. The van der Waals surface area contributed by atoms with Gasteiger partial charge in [0.1, 0.15) is 5.69 Å².